The highest BCUT2D eigenvalue weighted by Gasteiger charge is 2.24. The average Bonchev–Trinajstić information content (AvgIpc) is 2.75. The number of carbonyl (C=O) groups is 1. The van der Waals surface area contributed by atoms with Crippen molar-refractivity contribution < 1.29 is 4.79 Å². The molecule has 2 aromatic rings. The summed E-state index contributed by atoms with van der Waals surface area (Å²) in [6.45, 7) is 8.95. The predicted octanol–water partition coefficient (Wildman–Crippen LogP) is 3.28. The van der Waals surface area contributed by atoms with Gasteiger partial charge < -0.3 is 9.80 Å². The molecule has 5 nitrogen and oxygen atoms in total. The lowest BCUT2D eigenvalue weighted by atomic mass is 10.00. The summed E-state index contributed by atoms with van der Waals surface area (Å²) in [7, 11) is 0. The lowest BCUT2D eigenvalue weighted by molar-refractivity contribution is 0.0677. The Bertz CT molecular complexity index is 786. The summed E-state index contributed by atoms with van der Waals surface area (Å²) in [5.41, 5.74) is 3.06. The maximum Gasteiger partial charge on any atom is 0.272 e. The highest BCUT2D eigenvalue weighted by Crippen LogP contribution is 2.21. The highest BCUT2D eigenvalue weighted by molar-refractivity contribution is 5.93. The second-order valence-corrected chi connectivity index (χ2v) is 8.15. The van der Waals surface area contributed by atoms with Crippen molar-refractivity contribution in [3.8, 4) is 0 Å². The zero-order valence-corrected chi connectivity index (χ0v) is 16.8. The van der Waals surface area contributed by atoms with E-state index in [1.54, 1.807) is 6.20 Å². The molecule has 0 spiro atoms. The van der Waals surface area contributed by atoms with Crippen molar-refractivity contribution in [2.45, 2.75) is 26.3 Å². The summed E-state index contributed by atoms with van der Waals surface area (Å²) >= 11 is 0. The van der Waals surface area contributed by atoms with Crippen molar-refractivity contribution in [2.24, 2.45) is 5.92 Å². The molecule has 3 heterocycles. The Morgan fingerprint density at radius 1 is 1.07 bits per heavy atom. The number of piperidine rings is 1. The Morgan fingerprint density at radius 3 is 2.61 bits per heavy atom. The number of aromatic nitrogens is 1. The summed E-state index contributed by atoms with van der Waals surface area (Å²) in [6, 6.07) is 14.7. The lowest BCUT2D eigenvalue weighted by Crippen LogP contribution is -2.46. The smallest absolute Gasteiger partial charge is 0.272 e. The molecule has 1 amide bonds. The van der Waals surface area contributed by atoms with Crippen LogP contribution in [-0.2, 0) is 6.54 Å². The number of amides is 1. The van der Waals surface area contributed by atoms with Crippen LogP contribution in [0.5, 0.6) is 0 Å². The number of nitrogens with zero attached hydrogens (tertiary/aromatic N) is 4. The largest absolute Gasteiger partial charge is 0.369 e. The van der Waals surface area contributed by atoms with Crippen molar-refractivity contribution in [1.82, 2.24) is 14.8 Å². The number of carbonyl (C=O) groups excluding carboxylic acids is 1. The molecule has 0 bridgehead atoms. The van der Waals surface area contributed by atoms with Gasteiger partial charge in [0.05, 0.1) is 0 Å². The maximum absolute atomic E-state index is 12.9. The molecule has 28 heavy (non-hydrogen) atoms. The van der Waals surface area contributed by atoms with Gasteiger partial charge in [-0.25, -0.2) is 0 Å². The minimum absolute atomic E-state index is 0.0797. The Hall–Kier alpha value is -2.40. The summed E-state index contributed by atoms with van der Waals surface area (Å²) in [6.07, 6.45) is 4.09. The number of benzene rings is 1. The first-order valence-corrected chi connectivity index (χ1v) is 10.5. The van der Waals surface area contributed by atoms with Gasteiger partial charge in [0.2, 0.25) is 0 Å². The standard InChI is InChI=1S/C23H30N4O/c1-19-6-5-11-27(17-19)23(28)22-16-21(9-10-24-22)26-14-12-25(13-15-26)18-20-7-3-2-4-8-20/h2-4,7-10,16,19H,5-6,11-15,17-18H2,1H3. The molecule has 2 aliphatic rings. The summed E-state index contributed by atoms with van der Waals surface area (Å²) in [4.78, 5) is 24.1. The van der Waals surface area contributed by atoms with Crippen LogP contribution in [0.3, 0.4) is 0 Å². The van der Waals surface area contributed by atoms with Crippen molar-refractivity contribution in [2.75, 3.05) is 44.2 Å². The Balaban J connectivity index is 1.36. The molecule has 5 heteroatoms. The minimum Gasteiger partial charge on any atom is -0.369 e. The van der Waals surface area contributed by atoms with Gasteiger partial charge >= 0.3 is 0 Å². The van der Waals surface area contributed by atoms with Crippen molar-refractivity contribution >= 4 is 11.6 Å². The number of likely N-dealkylation sites (tertiary alicyclic amines) is 1. The van der Waals surface area contributed by atoms with Crippen LogP contribution in [0.15, 0.2) is 48.7 Å². The SMILES string of the molecule is CC1CCCN(C(=O)c2cc(N3CCN(Cc4ccccc4)CC3)ccn2)C1. The van der Waals surface area contributed by atoms with Crippen LogP contribution in [-0.4, -0.2) is 60.0 Å². The molecule has 0 radical (unpaired) electrons. The van der Waals surface area contributed by atoms with E-state index in [4.69, 9.17) is 0 Å². The van der Waals surface area contributed by atoms with E-state index < -0.39 is 0 Å². The summed E-state index contributed by atoms with van der Waals surface area (Å²) in [5.74, 6) is 0.662. The number of piperazine rings is 1. The fourth-order valence-electron chi connectivity index (χ4n) is 4.27. The fraction of sp³-hybridized carbons (Fsp3) is 0.478. The molecular formula is C23H30N4O. The van der Waals surface area contributed by atoms with E-state index >= 15 is 0 Å². The van der Waals surface area contributed by atoms with Gasteiger partial charge in [-0.2, -0.15) is 0 Å². The van der Waals surface area contributed by atoms with E-state index in [0.717, 1.165) is 57.9 Å². The molecule has 2 aliphatic heterocycles. The second kappa shape index (κ2) is 8.74. The van der Waals surface area contributed by atoms with Crippen LogP contribution in [0.2, 0.25) is 0 Å². The van der Waals surface area contributed by atoms with Crippen molar-refractivity contribution in [1.29, 1.82) is 0 Å². The summed E-state index contributed by atoms with van der Waals surface area (Å²) in [5, 5.41) is 0. The Labute approximate surface area is 168 Å². The average molecular weight is 379 g/mol. The van der Waals surface area contributed by atoms with Crippen LogP contribution < -0.4 is 4.90 Å². The minimum atomic E-state index is 0.0797. The highest BCUT2D eigenvalue weighted by atomic mass is 16.2. The second-order valence-electron chi connectivity index (χ2n) is 8.15. The number of hydrogen-bond donors (Lipinski definition) is 0. The van der Waals surface area contributed by atoms with Crippen LogP contribution in [0.4, 0.5) is 5.69 Å². The van der Waals surface area contributed by atoms with E-state index in [9.17, 15) is 4.79 Å². The van der Waals surface area contributed by atoms with Crippen molar-refractivity contribution in [3.63, 3.8) is 0 Å². The molecule has 4 rings (SSSR count). The van der Waals surface area contributed by atoms with E-state index in [2.05, 4.69) is 52.0 Å². The first kappa shape index (κ1) is 18.9. The van der Waals surface area contributed by atoms with Crippen LogP contribution in [0, 0.1) is 5.92 Å². The zero-order chi connectivity index (χ0) is 19.3. The zero-order valence-electron chi connectivity index (χ0n) is 16.8. The fourth-order valence-corrected chi connectivity index (χ4v) is 4.27. The number of anilines is 1. The third-order valence-corrected chi connectivity index (χ3v) is 5.89. The Morgan fingerprint density at radius 2 is 1.86 bits per heavy atom. The van der Waals surface area contributed by atoms with Gasteiger partial charge in [0.15, 0.2) is 0 Å². The molecule has 1 atom stereocenters. The third kappa shape index (κ3) is 4.53. The molecule has 1 aromatic heterocycles. The molecule has 1 aromatic carbocycles. The van der Waals surface area contributed by atoms with Gasteiger partial charge in [-0.15, -0.1) is 0 Å². The number of pyridine rings is 1. The van der Waals surface area contributed by atoms with Gasteiger partial charge in [0.25, 0.3) is 5.91 Å². The first-order chi connectivity index (χ1) is 13.7. The molecule has 0 aliphatic carbocycles. The molecule has 1 unspecified atom stereocenters. The monoisotopic (exact) mass is 378 g/mol. The van der Waals surface area contributed by atoms with Gasteiger partial charge in [-0.1, -0.05) is 37.3 Å². The Kier molecular flexibility index (Phi) is 5.91. The lowest BCUT2D eigenvalue weighted by Gasteiger charge is -2.36. The van der Waals surface area contributed by atoms with Gasteiger partial charge in [-0.3, -0.25) is 14.7 Å². The molecule has 0 saturated carbocycles. The molecular weight excluding hydrogens is 348 g/mol. The topological polar surface area (TPSA) is 39.7 Å². The number of hydrogen-bond acceptors (Lipinski definition) is 4. The van der Waals surface area contributed by atoms with Crippen LogP contribution >= 0.6 is 0 Å². The van der Waals surface area contributed by atoms with E-state index in [0.29, 0.717) is 11.6 Å². The predicted molar refractivity (Wildman–Crippen MR) is 112 cm³/mol. The van der Waals surface area contributed by atoms with Gasteiger partial charge in [0.1, 0.15) is 5.69 Å². The van der Waals surface area contributed by atoms with Gasteiger partial charge in [-0.05, 0) is 36.5 Å². The maximum atomic E-state index is 12.9. The third-order valence-electron chi connectivity index (χ3n) is 5.89. The van der Waals surface area contributed by atoms with E-state index in [1.807, 2.05) is 17.0 Å². The van der Waals surface area contributed by atoms with E-state index in [1.165, 1.54) is 12.0 Å². The quantitative estimate of drug-likeness (QED) is 0.819. The molecule has 2 fully saturated rings. The van der Waals surface area contributed by atoms with E-state index in [-0.39, 0.29) is 5.91 Å². The molecule has 2 saturated heterocycles. The van der Waals surface area contributed by atoms with Crippen LogP contribution in [0.25, 0.3) is 0 Å². The molecule has 0 N–H and O–H groups in total. The van der Waals surface area contributed by atoms with Gasteiger partial charge in [0, 0.05) is 57.7 Å². The first-order valence-electron chi connectivity index (χ1n) is 10.5. The molecule has 148 valence electrons. The normalized spacial score (nSPS) is 21.0. The summed E-state index contributed by atoms with van der Waals surface area (Å²) < 4.78 is 0. The van der Waals surface area contributed by atoms with Crippen LogP contribution in [0.1, 0.15) is 35.8 Å². The van der Waals surface area contributed by atoms with Crippen molar-refractivity contribution in [3.05, 3.63) is 59.9 Å². The number of rotatable bonds is 4.